The number of ketones is 1. The summed E-state index contributed by atoms with van der Waals surface area (Å²) in [6.07, 6.45) is 8.63. The Hall–Kier alpha value is -2.63. The highest BCUT2D eigenvalue weighted by Crippen LogP contribution is 2.44. The molecule has 1 aliphatic rings. The predicted octanol–water partition coefficient (Wildman–Crippen LogP) is 7.61. The number of Topliss-reactive ketones (excluding diaryl/α,β-unsaturated/α-hetero) is 1. The highest BCUT2D eigenvalue weighted by molar-refractivity contribution is 5.96. The van der Waals surface area contributed by atoms with Gasteiger partial charge in [0, 0.05) is 31.4 Å². The van der Waals surface area contributed by atoms with Crippen molar-refractivity contribution in [3.63, 3.8) is 0 Å². The average Bonchev–Trinajstić information content (AvgIpc) is 2.78. The lowest BCUT2D eigenvalue weighted by molar-refractivity contribution is -0.134. The Labute approximate surface area is 216 Å². The van der Waals surface area contributed by atoms with Gasteiger partial charge in [-0.3, -0.25) is 14.4 Å². The molecule has 1 unspecified atom stereocenters. The minimum absolute atomic E-state index is 0.0515. The molecular weight excluding hydrogens is 456 g/mol. The van der Waals surface area contributed by atoms with Gasteiger partial charge in [0.1, 0.15) is 23.0 Å². The van der Waals surface area contributed by atoms with E-state index in [1.807, 2.05) is 13.8 Å². The first-order valence-electron chi connectivity index (χ1n) is 13.4. The number of ether oxygens (including phenoxy) is 3. The zero-order chi connectivity index (χ0) is 26.7. The lowest BCUT2D eigenvalue weighted by Crippen LogP contribution is -2.15. The lowest BCUT2D eigenvalue weighted by Gasteiger charge is -2.23. The van der Waals surface area contributed by atoms with Crippen molar-refractivity contribution in [1.82, 2.24) is 0 Å². The van der Waals surface area contributed by atoms with E-state index >= 15 is 0 Å². The minimum atomic E-state index is -0.359. The molecule has 0 spiro atoms. The number of benzene rings is 1. The van der Waals surface area contributed by atoms with E-state index in [0.717, 1.165) is 36.8 Å². The summed E-state index contributed by atoms with van der Waals surface area (Å²) < 4.78 is 17.4. The van der Waals surface area contributed by atoms with Gasteiger partial charge in [0.15, 0.2) is 0 Å². The molecule has 0 N–H and O–H groups in total. The van der Waals surface area contributed by atoms with Crippen molar-refractivity contribution in [1.29, 1.82) is 0 Å². The van der Waals surface area contributed by atoms with Crippen molar-refractivity contribution in [2.24, 2.45) is 5.41 Å². The van der Waals surface area contributed by atoms with Gasteiger partial charge < -0.3 is 14.2 Å². The van der Waals surface area contributed by atoms with Gasteiger partial charge in [-0.15, -0.1) is 0 Å². The second kappa shape index (κ2) is 14.2. The Morgan fingerprint density at radius 2 is 1.81 bits per heavy atom. The van der Waals surface area contributed by atoms with Gasteiger partial charge in [-0.25, -0.2) is 0 Å². The molecule has 36 heavy (non-hydrogen) atoms. The first-order chi connectivity index (χ1) is 17.0. The topological polar surface area (TPSA) is 78.9 Å². The molecule has 6 nitrogen and oxygen atoms in total. The van der Waals surface area contributed by atoms with E-state index in [4.69, 9.17) is 14.2 Å². The molecule has 1 aromatic rings. The lowest BCUT2D eigenvalue weighted by atomic mass is 9.86. The predicted molar refractivity (Wildman–Crippen MR) is 142 cm³/mol. The van der Waals surface area contributed by atoms with Crippen LogP contribution in [0.2, 0.25) is 0 Å². The van der Waals surface area contributed by atoms with Crippen LogP contribution in [0.25, 0.3) is 5.57 Å². The van der Waals surface area contributed by atoms with E-state index < -0.39 is 0 Å². The zero-order valence-corrected chi connectivity index (χ0v) is 23.0. The van der Waals surface area contributed by atoms with Gasteiger partial charge in [-0.05, 0) is 56.9 Å². The fourth-order valence-corrected chi connectivity index (χ4v) is 4.46. The van der Waals surface area contributed by atoms with Crippen LogP contribution in [-0.4, -0.2) is 24.3 Å². The molecule has 0 radical (unpaired) electrons. The van der Waals surface area contributed by atoms with Crippen LogP contribution in [0, 0.1) is 5.41 Å². The number of rotatable bonds is 14. The molecule has 0 saturated carbocycles. The molecule has 6 heteroatoms. The molecule has 0 bridgehead atoms. The van der Waals surface area contributed by atoms with Gasteiger partial charge >= 0.3 is 5.97 Å². The van der Waals surface area contributed by atoms with E-state index in [1.54, 1.807) is 12.1 Å². The van der Waals surface area contributed by atoms with Crippen LogP contribution in [0.1, 0.15) is 118 Å². The number of hydrogen-bond acceptors (Lipinski definition) is 6. The van der Waals surface area contributed by atoms with E-state index in [-0.39, 0.29) is 47.6 Å². The monoisotopic (exact) mass is 500 g/mol. The van der Waals surface area contributed by atoms with Crippen LogP contribution in [-0.2, 0) is 14.4 Å². The second-order valence-electron chi connectivity index (χ2n) is 11.1. The molecule has 1 aliphatic carbocycles. The Morgan fingerprint density at radius 3 is 2.47 bits per heavy atom. The number of carbonyl (C=O) groups excluding carboxylic acids is 3. The Bertz CT molecular complexity index is 937. The summed E-state index contributed by atoms with van der Waals surface area (Å²) in [4.78, 5) is 36.5. The normalized spacial score (nSPS) is 15.0. The Kier molecular flexibility index (Phi) is 11.7. The summed E-state index contributed by atoms with van der Waals surface area (Å²) >= 11 is 0. The van der Waals surface area contributed by atoms with Gasteiger partial charge in [0.25, 0.3) is 6.47 Å². The number of hydrogen-bond donors (Lipinski definition) is 0. The molecule has 200 valence electrons. The zero-order valence-electron chi connectivity index (χ0n) is 23.0. The maximum Gasteiger partial charge on any atom is 0.311 e. The van der Waals surface area contributed by atoms with Crippen LogP contribution in [0.5, 0.6) is 17.2 Å². The second-order valence-corrected chi connectivity index (χ2v) is 11.1. The smallest absolute Gasteiger partial charge is 0.311 e. The van der Waals surface area contributed by atoms with Crippen LogP contribution in [0.3, 0.4) is 0 Å². The summed E-state index contributed by atoms with van der Waals surface area (Å²) in [5.41, 5.74) is 2.38. The standard InChI is InChI=1S/C30H44O6/c1-7-8-9-10-12-22(3)35-24-18-26(34-20-31)29(25-17-23(32)15-14-21(25)2)27(19-24)36-28(33)13-11-16-30(4,5)6/h18-20,22H,7-17H2,1-6H3. The van der Waals surface area contributed by atoms with Crippen LogP contribution >= 0.6 is 0 Å². The van der Waals surface area contributed by atoms with E-state index in [1.165, 1.54) is 12.8 Å². The number of carbonyl (C=O) groups is 3. The minimum Gasteiger partial charge on any atom is -0.490 e. The maximum atomic E-state index is 12.8. The first kappa shape index (κ1) is 29.6. The van der Waals surface area contributed by atoms with Crippen LogP contribution in [0.4, 0.5) is 0 Å². The summed E-state index contributed by atoms with van der Waals surface area (Å²) in [6.45, 7) is 12.9. The SMILES string of the molecule is CCCCCCC(C)Oc1cc(OC=O)c(C2=C(C)CCC(=O)C2)c(OC(=O)CCCC(C)(C)C)c1. The third-order valence-electron chi connectivity index (χ3n) is 6.52. The van der Waals surface area contributed by atoms with E-state index in [2.05, 4.69) is 27.7 Å². The third-order valence-corrected chi connectivity index (χ3v) is 6.52. The van der Waals surface area contributed by atoms with Crippen molar-refractivity contribution in [2.75, 3.05) is 0 Å². The average molecular weight is 501 g/mol. The Balaban J connectivity index is 2.38. The highest BCUT2D eigenvalue weighted by atomic mass is 16.5. The molecule has 0 heterocycles. The maximum absolute atomic E-state index is 12.8. The van der Waals surface area contributed by atoms with Crippen molar-refractivity contribution in [2.45, 2.75) is 118 Å². The Morgan fingerprint density at radius 1 is 1.08 bits per heavy atom. The van der Waals surface area contributed by atoms with Gasteiger partial charge in [0.05, 0.1) is 11.7 Å². The summed E-state index contributed by atoms with van der Waals surface area (Å²) in [5.74, 6) is 0.727. The molecule has 0 amide bonds. The van der Waals surface area contributed by atoms with E-state index in [0.29, 0.717) is 37.0 Å². The number of allylic oxidation sites excluding steroid dienone is 2. The number of unbranched alkanes of at least 4 members (excludes halogenated alkanes) is 3. The first-order valence-corrected chi connectivity index (χ1v) is 13.4. The highest BCUT2D eigenvalue weighted by Gasteiger charge is 2.26. The largest absolute Gasteiger partial charge is 0.490 e. The van der Waals surface area contributed by atoms with Crippen LogP contribution in [0.15, 0.2) is 17.7 Å². The molecule has 2 rings (SSSR count). The van der Waals surface area contributed by atoms with E-state index in [9.17, 15) is 14.4 Å². The summed E-state index contributed by atoms with van der Waals surface area (Å²) in [5, 5.41) is 0. The molecule has 0 fully saturated rings. The fourth-order valence-electron chi connectivity index (χ4n) is 4.46. The molecule has 0 aliphatic heterocycles. The molecule has 0 aromatic heterocycles. The van der Waals surface area contributed by atoms with Crippen molar-refractivity contribution in [3.8, 4) is 17.2 Å². The fraction of sp³-hybridized carbons (Fsp3) is 0.633. The van der Waals surface area contributed by atoms with Gasteiger partial charge in [0.2, 0.25) is 0 Å². The summed E-state index contributed by atoms with van der Waals surface area (Å²) in [6, 6.07) is 3.35. The molecule has 1 aromatic carbocycles. The number of esters is 1. The van der Waals surface area contributed by atoms with Crippen molar-refractivity contribution < 1.29 is 28.6 Å². The van der Waals surface area contributed by atoms with Crippen molar-refractivity contribution in [3.05, 3.63) is 23.3 Å². The van der Waals surface area contributed by atoms with Crippen molar-refractivity contribution >= 4 is 23.8 Å². The quantitative estimate of drug-likeness (QED) is 0.113. The third kappa shape index (κ3) is 9.79. The molecule has 1 atom stereocenters. The van der Waals surface area contributed by atoms with Gasteiger partial charge in [-0.1, -0.05) is 52.5 Å². The van der Waals surface area contributed by atoms with Gasteiger partial charge in [-0.2, -0.15) is 0 Å². The molecular formula is C30H44O6. The van der Waals surface area contributed by atoms with Crippen LogP contribution < -0.4 is 14.2 Å². The summed E-state index contributed by atoms with van der Waals surface area (Å²) in [7, 11) is 0. The molecule has 0 saturated heterocycles.